The van der Waals surface area contributed by atoms with E-state index in [2.05, 4.69) is 4.98 Å². The van der Waals surface area contributed by atoms with E-state index in [-0.39, 0.29) is 17.9 Å². The molecular weight excluding hydrogens is 294 g/mol. The lowest BCUT2D eigenvalue weighted by Crippen LogP contribution is -2.49. The first kappa shape index (κ1) is 15.9. The number of rotatable bonds is 2. The second kappa shape index (κ2) is 7.08. The van der Waals surface area contributed by atoms with E-state index in [0.29, 0.717) is 32.0 Å². The maximum atomic E-state index is 12.5. The Kier molecular flexibility index (Phi) is 4.91. The molecule has 6 nitrogen and oxygen atoms in total. The third-order valence-corrected chi connectivity index (χ3v) is 4.70. The lowest BCUT2D eigenvalue weighted by atomic mass is 9.93. The van der Waals surface area contributed by atoms with Crippen molar-refractivity contribution in [1.29, 1.82) is 0 Å². The summed E-state index contributed by atoms with van der Waals surface area (Å²) >= 11 is 0. The van der Waals surface area contributed by atoms with Crippen LogP contribution in [-0.4, -0.2) is 65.5 Å². The lowest BCUT2D eigenvalue weighted by molar-refractivity contribution is -0.136. The summed E-state index contributed by atoms with van der Waals surface area (Å²) in [5, 5.41) is 0. The minimum atomic E-state index is 0.0285. The van der Waals surface area contributed by atoms with Gasteiger partial charge < -0.3 is 14.5 Å². The molecule has 2 aliphatic heterocycles. The molecule has 0 radical (unpaired) electrons. The molecule has 23 heavy (non-hydrogen) atoms. The van der Waals surface area contributed by atoms with Gasteiger partial charge in [0.2, 0.25) is 11.8 Å². The normalized spacial score (nSPS) is 24.7. The summed E-state index contributed by atoms with van der Waals surface area (Å²) in [6.45, 7) is 4.87. The Morgan fingerprint density at radius 1 is 1.26 bits per heavy atom. The molecule has 6 heteroatoms. The van der Waals surface area contributed by atoms with Crippen molar-refractivity contribution in [3.8, 4) is 0 Å². The number of hydrogen-bond donors (Lipinski definition) is 0. The Bertz CT molecular complexity index is 563. The van der Waals surface area contributed by atoms with Gasteiger partial charge >= 0.3 is 0 Å². The number of likely N-dealkylation sites (tertiary alicyclic amines) is 1. The molecule has 0 aliphatic carbocycles. The molecule has 2 atom stereocenters. The highest BCUT2D eigenvalue weighted by Gasteiger charge is 2.35. The maximum Gasteiger partial charge on any atom is 0.228 e. The molecule has 0 saturated carbocycles. The van der Waals surface area contributed by atoms with Gasteiger partial charge in [0, 0.05) is 50.9 Å². The van der Waals surface area contributed by atoms with Gasteiger partial charge in [-0.05, 0) is 18.6 Å². The topological polar surface area (TPSA) is 62.7 Å². The van der Waals surface area contributed by atoms with E-state index in [1.165, 1.54) is 0 Å². The molecule has 0 aromatic carbocycles. The standard InChI is InChI=1S/C17H23N3O3/c1-13(21)19-8-9-23-16-12-20(7-5-14(16)11-19)17(22)10-15-4-2-3-6-18-15/h2-4,6,14,16H,5,7-12H2,1H3/t14-,16+/m1/s1. The van der Waals surface area contributed by atoms with Crippen LogP contribution in [0.2, 0.25) is 0 Å². The number of pyridine rings is 1. The van der Waals surface area contributed by atoms with E-state index in [0.717, 1.165) is 25.2 Å². The summed E-state index contributed by atoms with van der Waals surface area (Å²) < 4.78 is 5.91. The number of ether oxygens (including phenoxy) is 1. The molecule has 0 spiro atoms. The Morgan fingerprint density at radius 3 is 2.87 bits per heavy atom. The van der Waals surface area contributed by atoms with E-state index in [1.807, 2.05) is 28.0 Å². The van der Waals surface area contributed by atoms with E-state index in [9.17, 15) is 9.59 Å². The minimum absolute atomic E-state index is 0.0285. The van der Waals surface area contributed by atoms with Crippen molar-refractivity contribution >= 4 is 11.8 Å². The molecule has 0 bridgehead atoms. The van der Waals surface area contributed by atoms with Crippen LogP contribution in [0.15, 0.2) is 24.4 Å². The van der Waals surface area contributed by atoms with Crippen LogP contribution in [0.5, 0.6) is 0 Å². The van der Waals surface area contributed by atoms with Crippen molar-refractivity contribution in [3.05, 3.63) is 30.1 Å². The Balaban J connectivity index is 1.59. The largest absolute Gasteiger partial charge is 0.374 e. The highest BCUT2D eigenvalue weighted by Crippen LogP contribution is 2.24. The second-order valence-corrected chi connectivity index (χ2v) is 6.26. The molecule has 0 N–H and O–H groups in total. The fourth-order valence-electron chi connectivity index (χ4n) is 3.33. The van der Waals surface area contributed by atoms with Gasteiger partial charge in [-0.1, -0.05) is 6.07 Å². The van der Waals surface area contributed by atoms with Crippen LogP contribution >= 0.6 is 0 Å². The van der Waals surface area contributed by atoms with Crippen LogP contribution in [-0.2, 0) is 20.7 Å². The van der Waals surface area contributed by atoms with Gasteiger partial charge in [0.15, 0.2) is 0 Å². The fraction of sp³-hybridized carbons (Fsp3) is 0.588. The van der Waals surface area contributed by atoms with Gasteiger partial charge in [0.25, 0.3) is 0 Å². The maximum absolute atomic E-state index is 12.5. The molecule has 1 aromatic rings. The zero-order valence-corrected chi connectivity index (χ0v) is 13.5. The Morgan fingerprint density at radius 2 is 2.13 bits per heavy atom. The summed E-state index contributed by atoms with van der Waals surface area (Å²) in [6, 6.07) is 5.61. The number of carbonyl (C=O) groups excluding carboxylic acids is 2. The molecule has 3 rings (SSSR count). The number of piperidine rings is 1. The van der Waals surface area contributed by atoms with Crippen LogP contribution < -0.4 is 0 Å². The van der Waals surface area contributed by atoms with Crippen LogP contribution in [0.3, 0.4) is 0 Å². The average molecular weight is 317 g/mol. The van der Waals surface area contributed by atoms with Gasteiger partial charge in [-0.3, -0.25) is 14.6 Å². The van der Waals surface area contributed by atoms with Crippen molar-refractivity contribution in [2.75, 3.05) is 32.8 Å². The predicted octanol–water partition coefficient (Wildman–Crippen LogP) is 0.720. The molecule has 2 aliphatic rings. The first-order chi connectivity index (χ1) is 11.1. The van der Waals surface area contributed by atoms with Crippen molar-refractivity contribution in [2.24, 2.45) is 5.92 Å². The number of nitrogens with zero attached hydrogens (tertiary/aromatic N) is 3. The molecule has 1 aromatic heterocycles. The number of carbonyl (C=O) groups is 2. The van der Waals surface area contributed by atoms with E-state index in [4.69, 9.17) is 4.74 Å². The Labute approximate surface area is 136 Å². The molecular formula is C17H23N3O3. The second-order valence-electron chi connectivity index (χ2n) is 6.26. The summed E-state index contributed by atoms with van der Waals surface area (Å²) in [4.78, 5) is 32.0. The van der Waals surface area contributed by atoms with Gasteiger partial charge in [-0.2, -0.15) is 0 Å². The van der Waals surface area contributed by atoms with Crippen molar-refractivity contribution in [2.45, 2.75) is 25.9 Å². The summed E-state index contributed by atoms with van der Waals surface area (Å²) in [5.74, 6) is 0.515. The highest BCUT2D eigenvalue weighted by atomic mass is 16.5. The van der Waals surface area contributed by atoms with Crippen LogP contribution in [0.1, 0.15) is 19.0 Å². The molecule has 3 heterocycles. The van der Waals surface area contributed by atoms with Gasteiger partial charge in [-0.15, -0.1) is 0 Å². The lowest BCUT2D eigenvalue weighted by Gasteiger charge is -2.38. The molecule has 2 fully saturated rings. The smallest absolute Gasteiger partial charge is 0.228 e. The molecule has 124 valence electrons. The third kappa shape index (κ3) is 3.88. The van der Waals surface area contributed by atoms with Crippen molar-refractivity contribution in [1.82, 2.24) is 14.8 Å². The Hall–Kier alpha value is -1.95. The van der Waals surface area contributed by atoms with Crippen molar-refractivity contribution < 1.29 is 14.3 Å². The number of fused-ring (bicyclic) bond motifs is 1. The van der Waals surface area contributed by atoms with Gasteiger partial charge in [0.05, 0.1) is 19.1 Å². The van der Waals surface area contributed by atoms with E-state index in [1.54, 1.807) is 13.1 Å². The first-order valence-corrected chi connectivity index (χ1v) is 8.18. The van der Waals surface area contributed by atoms with Crippen LogP contribution in [0, 0.1) is 5.92 Å². The highest BCUT2D eigenvalue weighted by molar-refractivity contribution is 5.78. The minimum Gasteiger partial charge on any atom is -0.374 e. The van der Waals surface area contributed by atoms with E-state index < -0.39 is 0 Å². The summed E-state index contributed by atoms with van der Waals surface area (Å²) in [6.07, 6.45) is 2.94. The summed E-state index contributed by atoms with van der Waals surface area (Å²) in [7, 11) is 0. The number of amides is 2. The van der Waals surface area contributed by atoms with Crippen LogP contribution in [0.4, 0.5) is 0 Å². The number of hydrogen-bond acceptors (Lipinski definition) is 4. The quantitative estimate of drug-likeness (QED) is 0.806. The van der Waals surface area contributed by atoms with Crippen molar-refractivity contribution in [3.63, 3.8) is 0 Å². The SMILES string of the molecule is CC(=O)N1CCO[C@H]2CN(C(=O)Cc3ccccn3)CC[C@@H]2C1. The fourth-order valence-corrected chi connectivity index (χ4v) is 3.33. The molecule has 0 unspecified atom stereocenters. The zero-order chi connectivity index (χ0) is 16.2. The average Bonchev–Trinajstić information content (AvgIpc) is 2.77. The molecule has 2 saturated heterocycles. The van der Waals surface area contributed by atoms with Gasteiger partial charge in [-0.25, -0.2) is 0 Å². The molecule has 2 amide bonds. The number of aromatic nitrogens is 1. The first-order valence-electron chi connectivity index (χ1n) is 8.18. The predicted molar refractivity (Wildman–Crippen MR) is 84.6 cm³/mol. The van der Waals surface area contributed by atoms with Gasteiger partial charge in [0.1, 0.15) is 0 Å². The van der Waals surface area contributed by atoms with E-state index >= 15 is 0 Å². The third-order valence-electron chi connectivity index (χ3n) is 4.70. The summed E-state index contributed by atoms with van der Waals surface area (Å²) in [5.41, 5.74) is 0.796. The zero-order valence-electron chi connectivity index (χ0n) is 13.5. The monoisotopic (exact) mass is 317 g/mol. The van der Waals surface area contributed by atoms with Crippen LogP contribution in [0.25, 0.3) is 0 Å².